The molecule has 0 radical (unpaired) electrons. The van der Waals surface area contributed by atoms with E-state index >= 15 is 0 Å². The number of terminal acetylenes is 2. The first-order chi connectivity index (χ1) is 10.5. The van der Waals surface area contributed by atoms with E-state index in [4.69, 9.17) is 12.8 Å². The molecule has 0 N–H and O–H groups in total. The largest absolute Gasteiger partial charge is 0.306 e. The van der Waals surface area contributed by atoms with Crippen LogP contribution >= 0.6 is 24.8 Å². The monoisotopic (exact) mass is 374 g/mol. The second kappa shape index (κ2) is 13.9. The fraction of sp³-hybridized carbons (Fsp3) is 0.800. The first kappa shape index (κ1) is 25.9. The van der Waals surface area contributed by atoms with Crippen molar-refractivity contribution in [1.29, 1.82) is 0 Å². The molecule has 2 aliphatic rings. The molecule has 2 nitrogen and oxygen atoms in total. The predicted molar refractivity (Wildman–Crippen MR) is 111 cm³/mol. The molecule has 2 fully saturated rings. The van der Waals surface area contributed by atoms with Crippen LogP contribution in [0.5, 0.6) is 0 Å². The average Bonchev–Trinajstić information content (AvgIpc) is 2.55. The van der Waals surface area contributed by atoms with Gasteiger partial charge in [-0.05, 0) is 79.6 Å². The van der Waals surface area contributed by atoms with Gasteiger partial charge in [-0.3, -0.25) is 0 Å². The quantitative estimate of drug-likeness (QED) is 0.663. The SMILES string of the molecule is C#CC1CCC(N(C)C)CC1.C#CC1CCC(N(C)C)CC1.Cl.Cl. The molecule has 2 rings (SSSR count). The Hall–Kier alpha value is -0.380. The van der Waals surface area contributed by atoms with Gasteiger partial charge in [-0.15, -0.1) is 49.5 Å². The van der Waals surface area contributed by atoms with Crippen LogP contribution < -0.4 is 0 Å². The number of hydrogen-bond donors (Lipinski definition) is 0. The van der Waals surface area contributed by atoms with Crippen LogP contribution in [0.4, 0.5) is 0 Å². The lowest BCUT2D eigenvalue weighted by atomic mass is 9.86. The number of rotatable bonds is 2. The van der Waals surface area contributed by atoms with E-state index in [9.17, 15) is 0 Å². The summed E-state index contributed by atoms with van der Waals surface area (Å²) in [6.07, 6.45) is 20.7. The summed E-state index contributed by atoms with van der Waals surface area (Å²) in [5.41, 5.74) is 0. The molecule has 24 heavy (non-hydrogen) atoms. The van der Waals surface area contributed by atoms with E-state index in [0.29, 0.717) is 11.8 Å². The standard InChI is InChI=1S/2C10H17N.2ClH/c2*1-4-9-5-7-10(8-6-9)11(2)3;;/h2*1,9-10H,5-8H2,2-3H3;2*1H. The number of nitrogens with zero attached hydrogens (tertiary/aromatic N) is 2. The van der Waals surface area contributed by atoms with Gasteiger partial charge in [0.1, 0.15) is 0 Å². The molecule has 4 heteroatoms. The molecule has 0 unspecified atom stereocenters. The van der Waals surface area contributed by atoms with Crippen molar-refractivity contribution in [3.8, 4) is 24.7 Å². The van der Waals surface area contributed by atoms with E-state index in [1.54, 1.807) is 0 Å². The van der Waals surface area contributed by atoms with Crippen molar-refractivity contribution in [3.63, 3.8) is 0 Å². The van der Waals surface area contributed by atoms with Crippen molar-refractivity contribution < 1.29 is 0 Å². The molecule has 140 valence electrons. The van der Waals surface area contributed by atoms with E-state index in [-0.39, 0.29) is 24.8 Å². The lowest BCUT2D eigenvalue weighted by Gasteiger charge is -2.30. The zero-order valence-electron chi connectivity index (χ0n) is 15.8. The van der Waals surface area contributed by atoms with Gasteiger partial charge in [-0.2, -0.15) is 0 Å². The van der Waals surface area contributed by atoms with Crippen molar-refractivity contribution in [3.05, 3.63) is 0 Å². The van der Waals surface area contributed by atoms with Crippen LogP contribution in [0.3, 0.4) is 0 Å². The number of hydrogen-bond acceptors (Lipinski definition) is 2. The third-order valence-corrected chi connectivity index (χ3v) is 5.33. The highest BCUT2D eigenvalue weighted by Crippen LogP contribution is 2.26. The van der Waals surface area contributed by atoms with Gasteiger partial charge in [0.05, 0.1) is 0 Å². The molecule has 0 bridgehead atoms. The highest BCUT2D eigenvalue weighted by Gasteiger charge is 2.21. The minimum Gasteiger partial charge on any atom is -0.306 e. The van der Waals surface area contributed by atoms with Gasteiger partial charge in [0.15, 0.2) is 0 Å². The summed E-state index contributed by atoms with van der Waals surface area (Å²) in [7, 11) is 8.61. The van der Waals surface area contributed by atoms with E-state index in [1.165, 1.54) is 51.4 Å². The van der Waals surface area contributed by atoms with Gasteiger partial charge in [0.25, 0.3) is 0 Å². The minimum absolute atomic E-state index is 0. The molecule has 0 heterocycles. The molecule has 0 aromatic rings. The average molecular weight is 375 g/mol. The lowest BCUT2D eigenvalue weighted by Crippen LogP contribution is -2.31. The Morgan fingerprint density at radius 2 is 0.833 bits per heavy atom. The Bertz CT molecular complexity index is 341. The van der Waals surface area contributed by atoms with Gasteiger partial charge in [-0.1, -0.05) is 0 Å². The molecule has 0 spiro atoms. The van der Waals surface area contributed by atoms with Gasteiger partial charge < -0.3 is 9.80 Å². The van der Waals surface area contributed by atoms with E-state index < -0.39 is 0 Å². The van der Waals surface area contributed by atoms with Crippen LogP contribution in [0, 0.1) is 36.5 Å². The van der Waals surface area contributed by atoms with Crippen LogP contribution in [0.15, 0.2) is 0 Å². The molecule has 0 saturated heterocycles. The lowest BCUT2D eigenvalue weighted by molar-refractivity contribution is 0.212. The van der Waals surface area contributed by atoms with Gasteiger partial charge in [-0.25, -0.2) is 0 Å². The number of halogens is 2. The van der Waals surface area contributed by atoms with Gasteiger partial charge in [0.2, 0.25) is 0 Å². The zero-order chi connectivity index (χ0) is 16.5. The first-order valence-corrected chi connectivity index (χ1v) is 8.73. The summed E-state index contributed by atoms with van der Waals surface area (Å²) in [5, 5.41) is 0. The van der Waals surface area contributed by atoms with Crippen LogP contribution in [-0.2, 0) is 0 Å². The second-order valence-electron chi connectivity index (χ2n) is 7.27. The summed E-state index contributed by atoms with van der Waals surface area (Å²) in [4.78, 5) is 4.62. The van der Waals surface area contributed by atoms with Crippen molar-refractivity contribution in [1.82, 2.24) is 9.80 Å². The third-order valence-electron chi connectivity index (χ3n) is 5.33. The van der Waals surface area contributed by atoms with Crippen LogP contribution in [0.1, 0.15) is 51.4 Å². The minimum atomic E-state index is 0. The Labute approximate surface area is 162 Å². The Kier molecular flexibility index (Phi) is 14.9. The fourth-order valence-electron chi connectivity index (χ4n) is 3.52. The topological polar surface area (TPSA) is 6.48 Å². The van der Waals surface area contributed by atoms with Crippen LogP contribution in [-0.4, -0.2) is 50.1 Å². The maximum atomic E-state index is 5.36. The van der Waals surface area contributed by atoms with Crippen molar-refractivity contribution >= 4 is 24.8 Å². The summed E-state index contributed by atoms with van der Waals surface area (Å²) >= 11 is 0. The summed E-state index contributed by atoms with van der Waals surface area (Å²) < 4.78 is 0. The molecule has 0 atom stereocenters. The highest BCUT2D eigenvalue weighted by atomic mass is 35.5. The predicted octanol–water partition coefficient (Wildman–Crippen LogP) is 4.32. The molecular weight excluding hydrogens is 339 g/mol. The van der Waals surface area contributed by atoms with E-state index in [0.717, 1.165) is 12.1 Å². The third kappa shape index (κ3) is 9.19. The highest BCUT2D eigenvalue weighted by molar-refractivity contribution is 5.85. The molecule has 2 saturated carbocycles. The van der Waals surface area contributed by atoms with Crippen molar-refractivity contribution in [2.24, 2.45) is 11.8 Å². The Balaban J connectivity index is 0. The normalized spacial score (nSPS) is 29.2. The van der Waals surface area contributed by atoms with Crippen molar-refractivity contribution in [2.45, 2.75) is 63.5 Å². The molecule has 0 aromatic heterocycles. The van der Waals surface area contributed by atoms with Crippen LogP contribution in [0.25, 0.3) is 0 Å². The zero-order valence-corrected chi connectivity index (χ0v) is 17.5. The smallest absolute Gasteiger partial charge is 0.0201 e. The van der Waals surface area contributed by atoms with Gasteiger partial charge >= 0.3 is 0 Å². The van der Waals surface area contributed by atoms with E-state index in [1.807, 2.05) is 0 Å². The maximum Gasteiger partial charge on any atom is 0.0201 e. The summed E-state index contributed by atoms with van der Waals surface area (Å²) in [6, 6.07) is 1.55. The maximum absolute atomic E-state index is 5.36. The molecule has 0 amide bonds. The molecule has 0 aliphatic heterocycles. The molecule has 2 aliphatic carbocycles. The Morgan fingerprint density at radius 1 is 0.583 bits per heavy atom. The van der Waals surface area contributed by atoms with Crippen molar-refractivity contribution in [2.75, 3.05) is 28.2 Å². The van der Waals surface area contributed by atoms with Gasteiger partial charge in [0, 0.05) is 23.9 Å². The van der Waals surface area contributed by atoms with E-state index in [2.05, 4.69) is 49.8 Å². The molecular formula is C20H36Cl2N2. The Morgan fingerprint density at radius 3 is 1.00 bits per heavy atom. The van der Waals surface area contributed by atoms with Crippen LogP contribution in [0.2, 0.25) is 0 Å². The summed E-state index contributed by atoms with van der Waals surface area (Å²) in [5.74, 6) is 6.81. The molecule has 0 aromatic carbocycles. The first-order valence-electron chi connectivity index (χ1n) is 8.73. The fourth-order valence-corrected chi connectivity index (χ4v) is 3.52. The summed E-state index contributed by atoms with van der Waals surface area (Å²) in [6.45, 7) is 0. The second-order valence-corrected chi connectivity index (χ2v) is 7.27.